The van der Waals surface area contributed by atoms with E-state index in [9.17, 15) is 13.2 Å². The minimum atomic E-state index is -4.70. The van der Waals surface area contributed by atoms with E-state index in [4.69, 9.17) is 0 Å². The fourth-order valence-electron chi connectivity index (χ4n) is 3.95. The topological polar surface area (TPSA) is 48.9 Å². The maximum atomic E-state index is 12.5. The van der Waals surface area contributed by atoms with E-state index in [-0.39, 0.29) is 36.3 Å². The molecule has 0 bridgehead atoms. The molecule has 1 aliphatic heterocycles. The first-order chi connectivity index (χ1) is 12.9. The average Bonchev–Trinajstić information content (AvgIpc) is 3.30. The molecule has 1 heterocycles. The average molecular weight is 512 g/mol. The van der Waals surface area contributed by atoms with Crippen LogP contribution in [0.15, 0.2) is 29.3 Å². The van der Waals surface area contributed by atoms with E-state index >= 15 is 0 Å². The smallest absolute Gasteiger partial charge is 0.405 e. The van der Waals surface area contributed by atoms with Gasteiger partial charge in [-0.3, -0.25) is 9.89 Å². The van der Waals surface area contributed by atoms with Crippen LogP contribution in [0, 0.1) is 0 Å². The standard InChI is InChI=1S/C19H27F3N4O.HI/c1-23-18(25-15-10-11-26(13-15)16-7-3-4-8-16)24-12-14-6-2-5-9-17(14)27-19(20,21)22;/h2,5-6,9,15-16H,3-4,7-8,10-13H2,1H3,(H2,23,24,25);1H. The largest absolute Gasteiger partial charge is 0.573 e. The number of aliphatic imine (C=N–C) groups is 1. The highest BCUT2D eigenvalue weighted by Gasteiger charge is 2.32. The Hall–Kier alpha value is -1.23. The Kier molecular flexibility index (Phi) is 8.66. The van der Waals surface area contributed by atoms with E-state index < -0.39 is 6.36 Å². The van der Waals surface area contributed by atoms with Gasteiger partial charge in [0.15, 0.2) is 5.96 Å². The third kappa shape index (κ3) is 6.68. The first kappa shape index (κ1) is 23.1. The molecule has 1 unspecified atom stereocenters. The van der Waals surface area contributed by atoms with Crippen molar-refractivity contribution in [2.45, 2.75) is 57.1 Å². The fraction of sp³-hybridized carbons (Fsp3) is 0.632. The Balaban J connectivity index is 0.00000280. The number of nitrogens with one attached hydrogen (secondary N) is 2. The van der Waals surface area contributed by atoms with Gasteiger partial charge in [-0.2, -0.15) is 0 Å². The molecular formula is C19H28F3IN4O. The molecule has 1 saturated heterocycles. The number of hydrogen-bond acceptors (Lipinski definition) is 3. The molecule has 0 aromatic heterocycles. The number of ether oxygens (including phenoxy) is 1. The normalized spacial score (nSPS) is 21.4. The summed E-state index contributed by atoms with van der Waals surface area (Å²) in [6.07, 6.45) is 1.56. The van der Waals surface area contributed by atoms with Crippen LogP contribution in [0.4, 0.5) is 13.2 Å². The van der Waals surface area contributed by atoms with E-state index in [2.05, 4.69) is 25.3 Å². The maximum absolute atomic E-state index is 12.5. The number of likely N-dealkylation sites (tertiary alicyclic amines) is 1. The number of rotatable bonds is 5. The van der Waals surface area contributed by atoms with Gasteiger partial charge in [-0.05, 0) is 25.3 Å². The molecule has 0 radical (unpaired) electrons. The quantitative estimate of drug-likeness (QED) is 0.357. The molecule has 9 heteroatoms. The number of nitrogens with zero attached hydrogens (tertiary/aromatic N) is 2. The lowest BCUT2D eigenvalue weighted by molar-refractivity contribution is -0.274. The molecule has 2 aliphatic rings. The molecule has 3 rings (SSSR count). The Morgan fingerprint density at radius 3 is 2.61 bits per heavy atom. The molecule has 28 heavy (non-hydrogen) atoms. The van der Waals surface area contributed by atoms with Gasteiger partial charge >= 0.3 is 6.36 Å². The van der Waals surface area contributed by atoms with Crippen molar-refractivity contribution >= 4 is 29.9 Å². The lowest BCUT2D eigenvalue weighted by Gasteiger charge is -2.24. The van der Waals surface area contributed by atoms with Crippen molar-refractivity contribution in [3.8, 4) is 5.75 Å². The number of benzene rings is 1. The van der Waals surface area contributed by atoms with Crippen LogP contribution in [0.1, 0.15) is 37.7 Å². The molecule has 158 valence electrons. The molecular weight excluding hydrogens is 484 g/mol. The Morgan fingerprint density at radius 2 is 1.93 bits per heavy atom. The Morgan fingerprint density at radius 1 is 1.21 bits per heavy atom. The first-order valence-electron chi connectivity index (χ1n) is 9.49. The molecule has 0 amide bonds. The van der Waals surface area contributed by atoms with Crippen molar-refractivity contribution in [2.75, 3.05) is 20.1 Å². The molecule has 1 aliphatic carbocycles. The number of halogens is 4. The molecule has 0 spiro atoms. The van der Waals surface area contributed by atoms with Crippen molar-refractivity contribution in [1.29, 1.82) is 0 Å². The summed E-state index contributed by atoms with van der Waals surface area (Å²) in [6, 6.07) is 7.15. The van der Waals surface area contributed by atoms with Gasteiger partial charge < -0.3 is 15.4 Å². The maximum Gasteiger partial charge on any atom is 0.573 e. The second-order valence-corrected chi connectivity index (χ2v) is 7.14. The van der Waals surface area contributed by atoms with E-state index in [1.54, 1.807) is 19.2 Å². The second kappa shape index (κ2) is 10.5. The zero-order chi connectivity index (χ0) is 19.3. The van der Waals surface area contributed by atoms with Gasteiger partial charge in [0.1, 0.15) is 5.75 Å². The molecule has 1 aromatic rings. The summed E-state index contributed by atoms with van der Waals surface area (Å²) in [5.41, 5.74) is 0.428. The molecule has 2 N–H and O–H groups in total. The van der Waals surface area contributed by atoms with Crippen LogP contribution in [-0.4, -0.2) is 49.4 Å². The minimum Gasteiger partial charge on any atom is -0.405 e. The summed E-state index contributed by atoms with van der Waals surface area (Å²) in [5, 5.41) is 6.49. The van der Waals surface area contributed by atoms with Gasteiger partial charge in [-0.25, -0.2) is 0 Å². The highest BCUT2D eigenvalue weighted by Crippen LogP contribution is 2.27. The van der Waals surface area contributed by atoms with Crippen LogP contribution >= 0.6 is 24.0 Å². The SMILES string of the molecule is CN=C(NCc1ccccc1OC(F)(F)F)NC1CCN(C2CCCC2)C1.I. The van der Waals surface area contributed by atoms with Crippen molar-refractivity contribution in [2.24, 2.45) is 4.99 Å². The highest BCUT2D eigenvalue weighted by atomic mass is 127. The van der Waals surface area contributed by atoms with Crippen molar-refractivity contribution in [1.82, 2.24) is 15.5 Å². The van der Waals surface area contributed by atoms with E-state index in [0.29, 0.717) is 23.6 Å². The molecule has 2 fully saturated rings. The van der Waals surface area contributed by atoms with Gasteiger partial charge in [0.2, 0.25) is 0 Å². The highest BCUT2D eigenvalue weighted by molar-refractivity contribution is 14.0. The summed E-state index contributed by atoms with van der Waals surface area (Å²) < 4.78 is 41.7. The predicted molar refractivity (Wildman–Crippen MR) is 114 cm³/mol. The van der Waals surface area contributed by atoms with E-state index in [1.807, 2.05) is 0 Å². The van der Waals surface area contributed by atoms with Gasteiger partial charge in [-0.15, -0.1) is 37.1 Å². The third-order valence-electron chi connectivity index (χ3n) is 5.27. The van der Waals surface area contributed by atoms with Gasteiger partial charge in [-0.1, -0.05) is 31.0 Å². The summed E-state index contributed by atoms with van der Waals surface area (Å²) in [4.78, 5) is 6.75. The number of guanidine groups is 1. The van der Waals surface area contributed by atoms with Crippen molar-refractivity contribution in [3.05, 3.63) is 29.8 Å². The zero-order valence-electron chi connectivity index (χ0n) is 16.0. The summed E-state index contributed by atoms with van der Waals surface area (Å²) in [6.45, 7) is 2.27. The predicted octanol–water partition coefficient (Wildman–Crippen LogP) is 3.89. The van der Waals surface area contributed by atoms with E-state index in [0.717, 1.165) is 19.5 Å². The second-order valence-electron chi connectivity index (χ2n) is 7.14. The van der Waals surface area contributed by atoms with Crippen molar-refractivity contribution < 1.29 is 17.9 Å². The number of hydrogen-bond donors (Lipinski definition) is 2. The summed E-state index contributed by atoms with van der Waals surface area (Å²) in [7, 11) is 1.66. The minimum absolute atomic E-state index is 0. The van der Waals surface area contributed by atoms with Crippen molar-refractivity contribution in [3.63, 3.8) is 0 Å². The van der Waals surface area contributed by atoms with Gasteiger partial charge in [0, 0.05) is 44.3 Å². The number of para-hydroxylation sites is 1. The molecule has 1 saturated carbocycles. The van der Waals surface area contributed by atoms with Gasteiger partial charge in [0.25, 0.3) is 0 Å². The van der Waals surface area contributed by atoms with E-state index in [1.165, 1.54) is 37.8 Å². The Labute approximate surface area is 181 Å². The summed E-state index contributed by atoms with van der Waals surface area (Å²) >= 11 is 0. The molecule has 5 nitrogen and oxygen atoms in total. The summed E-state index contributed by atoms with van der Waals surface area (Å²) in [5.74, 6) is 0.399. The Bertz CT molecular complexity index is 650. The van der Waals surface area contributed by atoms with Crippen LogP contribution in [0.2, 0.25) is 0 Å². The van der Waals surface area contributed by atoms with Gasteiger partial charge in [0.05, 0.1) is 0 Å². The first-order valence-corrected chi connectivity index (χ1v) is 9.49. The van der Waals surface area contributed by atoms with Crippen LogP contribution < -0.4 is 15.4 Å². The molecule has 1 aromatic carbocycles. The lowest BCUT2D eigenvalue weighted by Crippen LogP contribution is -2.45. The molecule has 1 atom stereocenters. The van der Waals surface area contributed by atoms with Crippen LogP contribution in [0.25, 0.3) is 0 Å². The van der Waals surface area contributed by atoms with Crippen LogP contribution in [0.5, 0.6) is 5.75 Å². The zero-order valence-corrected chi connectivity index (χ0v) is 18.3. The van der Waals surface area contributed by atoms with Crippen LogP contribution in [0.3, 0.4) is 0 Å². The van der Waals surface area contributed by atoms with Crippen LogP contribution in [-0.2, 0) is 6.54 Å². The monoisotopic (exact) mass is 512 g/mol. The third-order valence-corrected chi connectivity index (χ3v) is 5.27. The fourth-order valence-corrected chi connectivity index (χ4v) is 3.95. The lowest BCUT2D eigenvalue weighted by atomic mass is 10.2. The number of alkyl halides is 3.